The van der Waals surface area contributed by atoms with E-state index in [1.807, 2.05) is 30.9 Å². The van der Waals surface area contributed by atoms with Crippen LogP contribution in [-0.4, -0.2) is 42.8 Å². The molecule has 0 aliphatic rings. The van der Waals surface area contributed by atoms with E-state index < -0.39 is 5.97 Å². The number of carboxylic acids is 1. The summed E-state index contributed by atoms with van der Waals surface area (Å²) in [6.45, 7) is 5.82. The van der Waals surface area contributed by atoms with Crippen LogP contribution in [0.4, 0.5) is 0 Å². The summed E-state index contributed by atoms with van der Waals surface area (Å²) in [4.78, 5) is 12.8. The third kappa shape index (κ3) is 5.55. The first-order chi connectivity index (χ1) is 10.0. The second-order valence-electron chi connectivity index (χ2n) is 4.65. The van der Waals surface area contributed by atoms with Crippen LogP contribution in [0.1, 0.15) is 25.8 Å². The van der Waals surface area contributed by atoms with Crippen LogP contribution >= 0.6 is 15.9 Å². The number of carboxylic acid groups (broad SMARTS) is 1. The van der Waals surface area contributed by atoms with Gasteiger partial charge in [-0.3, -0.25) is 9.69 Å². The highest BCUT2D eigenvalue weighted by Crippen LogP contribution is 2.36. The number of hydrogen-bond donors (Lipinski definition) is 1. The standard InChI is InChI=1S/C15H22BrNO4/c1-4-6-17(10-14(18)19)9-11-7-12(16)15(21-5-2)13(8-11)20-3/h7-8H,4-6,9-10H2,1-3H3,(H,18,19). The number of ether oxygens (including phenoxy) is 2. The fraction of sp³-hybridized carbons (Fsp3) is 0.533. The zero-order valence-electron chi connectivity index (χ0n) is 12.7. The Morgan fingerprint density at radius 2 is 2.10 bits per heavy atom. The number of carbonyl (C=O) groups is 1. The monoisotopic (exact) mass is 359 g/mol. The summed E-state index contributed by atoms with van der Waals surface area (Å²) < 4.78 is 11.7. The molecular weight excluding hydrogens is 338 g/mol. The Bertz CT molecular complexity index is 479. The predicted octanol–water partition coefficient (Wildman–Crippen LogP) is 3.15. The fourth-order valence-electron chi connectivity index (χ4n) is 2.13. The lowest BCUT2D eigenvalue weighted by Gasteiger charge is -2.21. The van der Waals surface area contributed by atoms with Gasteiger partial charge in [-0.2, -0.15) is 0 Å². The number of methoxy groups -OCH3 is 1. The lowest BCUT2D eigenvalue weighted by atomic mass is 10.2. The minimum Gasteiger partial charge on any atom is -0.493 e. The summed E-state index contributed by atoms with van der Waals surface area (Å²) in [5.74, 6) is 0.498. The van der Waals surface area contributed by atoms with Crippen molar-refractivity contribution in [2.24, 2.45) is 0 Å². The summed E-state index contributed by atoms with van der Waals surface area (Å²) in [6, 6.07) is 3.83. The van der Waals surface area contributed by atoms with E-state index in [1.165, 1.54) is 0 Å². The minimum absolute atomic E-state index is 0.0288. The second-order valence-corrected chi connectivity index (χ2v) is 5.50. The van der Waals surface area contributed by atoms with Gasteiger partial charge in [-0.05, 0) is 53.5 Å². The molecule has 0 aromatic heterocycles. The molecule has 6 heteroatoms. The zero-order chi connectivity index (χ0) is 15.8. The third-order valence-electron chi connectivity index (χ3n) is 2.88. The summed E-state index contributed by atoms with van der Waals surface area (Å²) in [7, 11) is 1.59. The molecule has 118 valence electrons. The molecule has 0 bridgehead atoms. The number of rotatable bonds is 9. The largest absolute Gasteiger partial charge is 0.493 e. The highest BCUT2D eigenvalue weighted by Gasteiger charge is 2.14. The number of aliphatic carboxylic acids is 1. The molecule has 1 aromatic carbocycles. The molecule has 0 saturated heterocycles. The van der Waals surface area contributed by atoms with Gasteiger partial charge in [0.25, 0.3) is 0 Å². The molecule has 0 aliphatic heterocycles. The van der Waals surface area contributed by atoms with Crippen molar-refractivity contribution in [3.63, 3.8) is 0 Å². The SMILES string of the molecule is CCCN(CC(=O)O)Cc1cc(Br)c(OCC)c(OC)c1. The van der Waals surface area contributed by atoms with Crippen molar-refractivity contribution in [2.45, 2.75) is 26.8 Å². The maximum Gasteiger partial charge on any atom is 0.317 e. The average molecular weight is 360 g/mol. The first kappa shape index (κ1) is 17.8. The molecule has 0 atom stereocenters. The van der Waals surface area contributed by atoms with E-state index in [9.17, 15) is 4.79 Å². The van der Waals surface area contributed by atoms with Gasteiger partial charge in [-0.15, -0.1) is 0 Å². The maximum absolute atomic E-state index is 10.9. The molecule has 21 heavy (non-hydrogen) atoms. The van der Waals surface area contributed by atoms with E-state index in [0.717, 1.165) is 23.0 Å². The molecule has 0 fully saturated rings. The molecule has 1 aromatic rings. The van der Waals surface area contributed by atoms with E-state index in [1.54, 1.807) is 7.11 Å². The Hall–Kier alpha value is -1.27. The first-order valence-electron chi connectivity index (χ1n) is 6.95. The topological polar surface area (TPSA) is 59.0 Å². The molecule has 0 aliphatic carbocycles. The molecular formula is C15H22BrNO4. The summed E-state index contributed by atoms with van der Waals surface area (Å²) in [6.07, 6.45) is 0.905. The molecule has 0 heterocycles. The van der Waals surface area contributed by atoms with Crippen LogP contribution in [0.3, 0.4) is 0 Å². The van der Waals surface area contributed by atoms with Gasteiger partial charge in [0.2, 0.25) is 0 Å². The Labute approximate surface area is 134 Å². The van der Waals surface area contributed by atoms with E-state index in [-0.39, 0.29) is 6.54 Å². The van der Waals surface area contributed by atoms with Crippen molar-refractivity contribution in [1.82, 2.24) is 4.90 Å². The maximum atomic E-state index is 10.9. The number of halogens is 1. The summed E-state index contributed by atoms with van der Waals surface area (Å²) in [5, 5.41) is 8.96. The Morgan fingerprint density at radius 1 is 1.38 bits per heavy atom. The van der Waals surface area contributed by atoms with Crippen molar-refractivity contribution in [3.8, 4) is 11.5 Å². The van der Waals surface area contributed by atoms with Crippen LogP contribution in [0.25, 0.3) is 0 Å². The van der Waals surface area contributed by atoms with Crippen LogP contribution in [0.2, 0.25) is 0 Å². The van der Waals surface area contributed by atoms with E-state index >= 15 is 0 Å². The summed E-state index contributed by atoms with van der Waals surface area (Å²) >= 11 is 3.48. The second kappa shape index (κ2) is 8.89. The van der Waals surface area contributed by atoms with Gasteiger partial charge in [0.1, 0.15) is 0 Å². The van der Waals surface area contributed by atoms with Gasteiger partial charge in [0.05, 0.1) is 24.7 Å². The fourth-order valence-corrected chi connectivity index (χ4v) is 2.73. The normalized spacial score (nSPS) is 10.7. The number of nitrogens with zero attached hydrogens (tertiary/aromatic N) is 1. The highest BCUT2D eigenvalue weighted by molar-refractivity contribution is 9.10. The molecule has 0 unspecified atom stereocenters. The Morgan fingerprint density at radius 3 is 2.62 bits per heavy atom. The van der Waals surface area contributed by atoms with Crippen molar-refractivity contribution < 1.29 is 19.4 Å². The Kier molecular flexibility index (Phi) is 7.53. The molecule has 0 radical (unpaired) electrons. The summed E-state index contributed by atoms with van der Waals surface area (Å²) in [5.41, 5.74) is 0.983. The van der Waals surface area contributed by atoms with Crippen LogP contribution in [0, 0.1) is 0 Å². The van der Waals surface area contributed by atoms with Crippen molar-refractivity contribution in [3.05, 3.63) is 22.2 Å². The van der Waals surface area contributed by atoms with Gasteiger partial charge in [-0.1, -0.05) is 6.92 Å². The molecule has 5 nitrogen and oxygen atoms in total. The molecule has 0 spiro atoms. The van der Waals surface area contributed by atoms with Crippen LogP contribution in [0.5, 0.6) is 11.5 Å². The molecule has 1 rings (SSSR count). The van der Waals surface area contributed by atoms with E-state index in [4.69, 9.17) is 14.6 Å². The van der Waals surface area contributed by atoms with Crippen LogP contribution in [0.15, 0.2) is 16.6 Å². The van der Waals surface area contributed by atoms with Gasteiger partial charge in [0.15, 0.2) is 11.5 Å². The molecule has 1 N–H and O–H groups in total. The lowest BCUT2D eigenvalue weighted by Crippen LogP contribution is -2.30. The number of benzene rings is 1. The molecule has 0 amide bonds. The first-order valence-corrected chi connectivity index (χ1v) is 7.74. The van der Waals surface area contributed by atoms with Gasteiger partial charge < -0.3 is 14.6 Å². The van der Waals surface area contributed by atoms with Gasteiger partial charge >= 0.3 is 5.97 Å². The van der Waals surface area contributed by atoms with Crippen molar-refractivity contribution in [2.75, 3.05) is 26.8 Å². The minimum atomic E-state index is -0.819. The van der Waals surface area contributed by atoms with Crippen molar-refractivity contribution in [1.29, 1.82) is 0 Å². The number of hydrogen-bond acceptors (Lipinski definition) is 4. The average Bonchev–Trinajstić information content (AvgIpc) is 2.41. The zero-order valence-corrected chi connectivity index (χ0v) is 14.3. The van der Waals surface area contributed by atoms with Crippen LogP contribution in [-0.2, 0) is 11.3 Å². The van der Waals surface area contributed by atoms with Crippen molar-refractivity contribution >= 4 is 21.9 Å². The smallest absolute Gasteiger partial charge is 0.317 e. The quantitative estimate of drug-likeness (QED) is 0.733. The predicted molar refractivity (Wildman–Crippen MR) is 85.1 cm³/mol. The third-order valence-corrected chi connectivity index (χ3v) is 3.47. The van der Waals surface area contributed by atoms with Gasteiger partial charge in [0, 0.05) is 6.54 Å². The lowest BCUT2D eigenvalue weighted by molar-refractivity contribution is -0.138. The Balaban J connectivity index is 2.96. The van der Waals surface area contributed by atoms with Gasteiger partial charge in [-0.25, -0.2) is 0 Å². The van der Waals surface area contributed by atoms with E-state index in [0.29, 0.717) is 24.7 Å². The van der Waals surface area contributed by atoms with Crippen LogP contribution < -0.4 is 9.47 Å². The molecule has 0 saturated carbocycles. The van der Waals surface area contributed by atoms with E-state index in [2.05, 4.69) is 15.9 Å². The highest BCUT2D eigenvalue weighted by atomic mass is 79.9.